The van der Waals surface area contributed by atoms with Gasteiger partial charge in [0, 0.05) is 18.7 Å². The van der Waals surface area contributed by atoms with Crippen LogP contribution < -0.4 is 16.0 Å². The van der Waals surface area contributed by atoms with E-state index in [0.29, 0.717) is 23.4 Å². The predicted octanol–water partition coefficient (Wildman–Crippen LogP) is 3.79. The van der Waals surface area contributed by atoms with Gasteiger partial charge in [0.15, 0.2) is 0 Å². The minimum absolute atomic E-state index is 0.00630. The van der Waals surface area contributed by atoms with E-state index in [1.165, 1.54) is 6.07 Å². The van der Waals surface area contributed by atoms with E-state index < -0.39 is 0 Å². The molecule has 5 nitrogen and oxygen atoms in total. The van der Waals surface area contributed by atoms with Crippen molar-refractivity contribution in [1.82, 2.24) is 10.6 Å². The number of hydrogen-bond acceptors (Lipinski definition) is 3. The van der Waals surface area contributed by atoms with Gasteiger partial charge >= 0.3 is 0 Å². The van der Waals surface area contributed by atoms with Gasteiger partial charge in [0.05, 0.1) is 17.8 Å². The highest BCUT2D eigenvalue weighted by Crippen LogP contribution is 2.15. The Hall–Kier alpha value is -3.51. The van der Waals surface area contributed by atoms with Crippen molar-refractivity contribution in [2.45, 2.75) is 20.0 Å². The smallest absolute Gasteiger partial charge is 0.253 e. The Morgan fingerprint density at radius 1 is 0.867 bits per heavy atom. The Kier molecular flexibility index (Phi) is 7.29. The molecule has 0 spiro atoms. The topological polar surface area (TPSA) is 70.2 Å². The van der Waals surface area contributed by atoms with Crippen LogP contribution in [-0.4, -0.2) is 18.4 Å². The summed E-state index contributed by atoms with van der Waals surface area (Å²) in [5.74, 6) is -0.906. The number of hydrogen-bond donors (Lipinski definition) is 3. The van der Waals surface area contributed by atoms with Crippen molar-refractivity contribution in [3.63, 3.8) is 0 Å². The molecule has 0 aromatic heterocycles. The number of halogens is 1. The SMILES string of the molecule is Cc1ccc(CNC(=O)c2ccccc2NC(=O)CNCc2ccccc2F)cc1. The summed E-state index contributed by atoms with van der Waals surface area (Å²) in [4.78, 5) is 24.9. The first-order valence-corrected chi connectivity index (χ1v) is 9.69. The van der Waals surface area contributed by atoms with Gasteiger partial charge < -0.3 is 16.0 Å². The van der Waals surface area contributed by atoms with Crippen LogP contribution in [0.15, 0.2) is 72.8 Å². The average molecular weight is 405 g/mol. The molecule has 0 aliphatic rings. The fraction of sp³-hybridized carbons (Fsp3) is 0.167. The van der Waals surface area contributed by atoms with Crippen LogP contribution in [0.2, 0.25) is 0 Å². The van der Waals surface area contributed by atoms with E-state index in [1.807, 2.05) is 31.2 Å². The summed E-state index contributed by atoms with van der Waals surface area (Å²) in [5, 5.41) is 8.52. The molecule has 0 bridgehead atoms. The molecule has 0 radical (unpaired) electrons. The zero-order valence-electron chi connectivity index (χ0n) is 16.7. The van der Waals surface area contributed by atoms with E-state index in [1.54, 1.807) is 42.5 Å². The third-order valence-corrected chi connectivity index (χ3v) is 4.58. The average Bonchev–Trinajstić information content (AvgIpc) is 2.75. The molecule has 3 aromatic carbocycles. The summed E-state index contributed by atoms with van der Waals surface area (Å²) >= 11 is 0. The van der Waals surface area contributed by atoms with Crippen LogP contribution >= 0.6 is 0 Å². The van der Waals surface area contributed by atoms with Crippen molar-refractivity contribution in [3.8, 4) is 0 Å². The van der Waals surface area contributed by atoms with Gasteiger partial charge in [0.1, 0.15) is 5.82 Å². The van der Waals surface area contributed by atoms with Gasteiger partial charge in [0.25, 0.3) is 5.91 Å². The van der Waals surface area contributed by atoms with Gasteiger partial charge in [-0.15, -0.1) is 0 Å². The maximum atomic E-state index is 13.6. The Labute approximate surface area is 175 Å². The lowest BCUT2D eigenvalue weighted by atomic mass is 10.1. The molecule has 0 aliphatic heterocycles. The Morgan fingerprint density at radius 3 is 2.33 bits per heavy atom. The van der Waals surface area contributed by atoms with Gasteiger partial charge in [-0.2, -0.15) is 0 Å². The number of rotatable bonds is 8. The van der Waals surface area contributed by atoms with Crippen LogP contribution in [0.3, 0.4) is 0 Å². The molecule has 0 fully saturated rings. The van der Waals surface area contributed by atoms with E-state index in [2.05, 4.69) is 16.0 Å². The molecule has 0 saturated heterocycles. The number of anilines is 1. The molecule has 154 valence electrons. The number of carbonyl (C=O) groups excluding carboxylic acids is 2. The monoisotopic (exact) mass is 405 g/mol. The van der Waals surface area contributed by atoms with Crippen molar-refractivity contribution >= 4 is 17.5 Å². The third kappa shape index (κ3) is 5.99. The summed E-state index contributed by atoms with van der Waals surface area (Å²) in [6.07, 6.45) is 0. The maximum absolute atomic E-state index is 13.6. The highest BCUT2D eigenvalue weighted by molar-refractivity contribution is 6.04. The first kappa shape index (κ1) is 21.2. The van der Waals surface area contributed by atoms with Crippen LogP contribution in [0.4, 0.5) is 10.1 Å². The van der Waals surface area contributed by atoms with E-state index in [4.69, 9.17) is 0 Å². The van der Waals surface area contributed by atoms with Gasteiger partial charge in [0.2, 0.25) is 5.91 Å². The molecular weight excluding hydrogens is 381 g/mol. The number of amides is 2. The number of para-hydroxylation sites is 1. The summed E-state index contributed by atoms with van der Waals surface area (Å²) in [6, 6.07) is 21.1. The highest BCUT2D eigenvalue weighted by atomic mass is 19.1. The second-order valence-electron chi connectivity index (χ2n) is 6.96. The van der Waals surface area contributed by atoms with Crippen molar-refractivity contribution < 1.29 is 14.0 Å². The van der Waals surface area contributed by atoms with Crippen LogP contribution in [0.25, 0.3) is 0 Å². The fourth-order valence-corrected chi connectivity index (χ4v) is 2.92. The van der Waals surface area contributed by atoms with E-state index >= 15 is 0 Å². The van der Waals surface area contributed by atoms with Gasteiger partial charge in [-0.1, -0.05) is 60.2 Å². The molecule has 30 heavy (non-hydrogen) atoms. The lowest BCUT2D eigenvalue weighted by Gasteiger charge is -2.12. The third-order valence-electron chi connectivity index (χ3n) is 4.58. The first-order chi connectivity index (χ1) is 14.5. The van der Waals surface area contributed by atoms with E-state index in [9.17, 15) is 14.0 Å². The van der Waals surface area contributed by atoms with E-state index in [0.717, 1.165) is 11.1 Å². The molecule has 0 aliphatic carbocycles. The normalized spacial score (nSPS) is 10.5. The zero-order chi connectivity index (χ0) is 21.3. The Balaban J connectivity index is 1.54. The van der Waals surface area contributed by atoms with Crippen LogP contribution in [0.1, 0.15) is 27.0 Å². The Morgan fingerprint density at radius 2 is 1.57 bits per heavy atom. The molecule has 6 heteroatoms. The molecule has 3 aromatic rings. The molecule has 0 heterocycles. The number of aryl methyl sites for hydroxylation is 1. The van der Waals surface area contributed by atoms with Gasteiger partial charge in [-0.25, -0.2) is 4.39 Å². The predicted molar refractivity (Wildman–Crippen MR) is 116 cm³/mol. The van der Waals surface area contributed by atoms with Gasteiger partial charge in [-0.3, -0.25) is 9.59 Å². The number of nitrogens with one attached hydrogen (secondary N) is 3. The number of benzene rings is 3. The summed E-state index contributed by atoms with van der Waals surface area (Å²) < 4.78 is 13.6. The lowest BCUT2D eigenvalue weighted by molar-refractivity contribution is -0.115. The van der Waals surface area contributed by atoms with E-state index in [-0.39, 0.29) is 30.7 Å². The lowest BCUT2D eigenvalue weighted by Crippen LogP contribution is -2.29. The molecule has 0 unspecified atom stereocenters. The Bertz CT molecular complexity index is 1020. The largest absolute Gasteiger partial charge is 0.348 e. The summed E-state index contributed by atoms with van der Waals surface area (Å²) in [6.45, 7) is 2.63. The molecular formula is C24H24FN3O2. The minimum Gasteiger partial charge on any atom is -0.348 e. The summed E-state index contributed by atoms with van der Waals surface area (Å²) in [5.41, 5.74) is 3.44. The van der Waals surface area contributed by atoms with Crippen molar-refractivity contribution in [3.05, 3.63) is 101 Å². The van der Waals surface area contributed by atoms with Crippen LogP contribution in [0.5, 0.6) is 0 Å². The van der Waals surface area contributed by atoms with Crippen molar-refractivity contribution in [2.75, 3.05) is 11.9 Å². The zero-order valence-corrected chi connectivity index (χ0v) is 16.7. The first-order valence-electron chi connectivity index (χ1n) is 9.69. The molecule has 2 amide bonds. The standard InChI is InChI=1S/C24H24FN3O2/c1-17-10-12-18(13-11-17)14-27-24(30)20-7-3-5-9-22(20)28-23(29)16-26-15-19-6-2-4-8-21(19)25/h2-13,26H,14-16H2,1H3,(H,27,30)(H,28,29). The number of carbonyl (C=O) groups is 2. The summed E-state index contributed by atoms with van der Waals surface area (Å²) in [7, 11) is 0. The highest BCUT2D eigenvalue weighted by Gasteiger charge is 2.13. The molecule has 0 saturated carbocycles. The van der Waals surface area contributed by atoms with Crippen LogP contribution in [-0.2, 0) is 17.9 Å². The van der Waals surface area contributed by atoms with Crippen LogP contribution in [0, 0.1) is 12.7 Å². The second kappa shape index (κ2) is 10.3. The van der Waals surface area contributed by atoms with Crippen molar-refractivity contribution in [2.24, 2.45) is 0 Å². The van der Waals surface area contributed by atoms with Gasteiger partial charge in [-0.05, 0) is 30.7 Å². The van der Waals surface area contributed by atoms with Crippen molar-refractivity contribution in [1.29, 1.82) is 0 Å². The molecule has 0 atom stereocenters. The quantitative estimate of drug-likeness (QED) is 0.534. The molecule has 3 rings (SSSR count). The minimum atomic E-state index is -0.319. The fourth-order valence-electron chi connectivity index (χ4n) is 2.92. The second-order valence-corrected chi connectivity index (χ2v) is 6.96. The maximum Gasteiger partial charge on any atom is 0.253 e. The molecule has 3 N–H and O–H groups in total.